The zero-order valence-electron chi connectivity index (χ0n) is 30.5. The van der Waals surface area contributed by atoms with Crippen LogP contribution < -0.4 is 20.9 Å². The summed E-state index contributed by atoms with van der Waals surface area (Å²) in [7, 11) is 1.89. The van der Waals surface area contributed by atoms with Gasteiger partial charge in [-0.25, -0.2) is 14.8 Å². The average Bonchev–Trinajstić information content (AvgIpc) is 4.05. The third-order valence-electron chi connectivity index (χ3n) is 10.3. The second kappa shape index (κ2) is 16.4. The van der Waals surface area contributed by atoms with E-state index in [2.05, 4.69) is 60.6 Å². The minimum Gasteiger partial charge on any atom is -0.388 e. The SMILES string of the molecule is CCc1nnn([C@H]2C[C@@H](n3cnc4c(NCC(c5ccccc5)c5ccccc5)nc(N5CC[C@@H](NC(=O)NCc6cn(C)cn6)C5)nc43)[C@H](O)[C@@H]2O)n1.Cl. The summed E-state index contributed by atoms with van der Waals surface area (Å²) in [5.41, 5.74) is 4.14. The number of anilines is 2. The van der Waals surface area contributed by atoms with Crippen LogP contribution in [0.2, 0.25) is 0 Å². The van der Waals surface area contributed by atoms with Gasteiger partial charge >= 0.3 is 6.03 Å². The maximum atomic E-state index is 12.8. The molecule has 6 aromatic rings. The van der Waals surface area contributed by atoms with Gasteiger partial charge in [0.1, 0.15) is 18.2 Å². The summed E-state index contributed by atoms with van der Waals surface area (Å²) in [6, 6.07) is 19.1. The van der Waals surface area contributed by atoms with Gasteiger partial charge in [-0.15, -0.1) is 22.6 Å². The second-order valence-electron chi connectivity index (χ2n) is 14.0. The number of carbonyl (C=O) groups is 1. The van der Waals surface area contributed by atoms with Crippen molar-refractivity contribution < 1.29 is 15.0 Å². The molecule has 0 spiro atoms. The number of aryl methyl sites for hydroxylation is 2. The van der Waals surface area contributed by atoms with Gasteiger partial charge in [-0.1, -0.05) is 67.6 Å². The maximum Gasteiger partial charge on any atom is 0.315 e. The molecule has 2 aliphatic rings. The normalized spacial score (nSPS) is 20.9. The van der Waals surface area contributed by atoms with Crippen LogP contribution in [0.4, 0.5) is 16.6 Å². The first-order valence-corrected chi connectivity index (χ1v) is 18.3. The van der Waals surface area contributed by atoms with Crippen LogP contribution in [-0.4, -0.2) is 103 Å². The topological polar surface area (TPSA) is 202 Å². The fourth-order valence-electron chi connectivity index (χ4n) is 7.46. The van der Waals surface area contributed by atoms with E-state index < -0.39 is 24.3 Å². The molecule has 8 rings (SSSR count). The standard InChI is InChI=1S/C37H44N14O3.ClH/c1-3-30-45-47-51(46-30)29-16-28(32(52)33(29)53)50-22-41-31-34(38-18-27(23-10-6-4-7-11-23)24-12-8-5-9-13-24)43-36(44-35(31)50)49-15-14-25(20-49)42-37(54)39-17-26-19-48(2)21-40-26;/h4-13,19,21-22,25,27-29,32-33,52-53H,3,14-18,20H2,1-2H3,(H,38,43,44)(H2,39,42,54);1H/t25-,28-,29+,32+,33-;/m1./s1. The lowest BCUT2D eigenvalue weighted by molar-refractivity contribution is 0.00473. The largest absolute Gasteiger partial charge is 0.388 e. The number of aliphatic hydroxyl groups is 2. The van der Waals surface area contributed by atoms with Crippen LogP contribution in [-0.2, 0) is 20.0 Å². The van der Waals surface area contributed by atoms with Gasteiger partial charge in [0.25, 0.3) is 0 Å². The third kappa shape index (κ3) is 7.94. The monoisotopic (exact) mass is 768 g/mol. The fraction of sp³-hybridized carbons (Fsp3) is 0.405. The average molecular weight is 769 g/mol. The van der Waals surface area contributed by atoms with Crippen LogP contribution in [0.5, 0.6) is 0 Å². The lowest BCUT2D eigenvalue weighted by Crippen LogP contribution is -2.43. The molecule has 17 nitrogen and oxygen atoms in total. The molecule has 0 radical (unpaired) electrons. The number of tetrazole rings is 1. The van der Waals surface area contributed by atoms with Crippen LogP contribution in [0.25, 0.3) is 11.2 Å². The predicted octanol–water partition coefficient (Wildman–Crippen LogP) is 2.76. The molecule has 5 heterocycles. The van der Waals surface area contributed by atoms with Crippen molar-refractivity contribution in [2.75, 3.05) is 29.9 Å². The zero-order valence-corrected chi connectivity index (χ0v) is 31.4. The lowest BCUT2D eigenvalue weighted by Gasteiger charge is -2.22. The summed E-state index contributed by atoms with van der Waals surface area (Å²) in [4.78, 5) is 35.4. The van der Waals surface area contributed by atoms with E-state index in [0.717, 1.165) is 16.8 Å². The molecule has 2 aromatic carbocycles. The van der Waals surface area contributed by atoms with Gasteiger partial charge in [-0.05, 0) is 29.2 Å². The van der Waals surface area contributed by atoms with Gasteiger partial charge in [0.2, 0.25) is 5.95 Å². The smallest absolute Gasteiger partial charge is 0.315 e. The maximum absolute atomic E-state index is 12.8. The molecule has 5 atom stereocenters. The van der Waals surface area contributed by atoms with Crippen molar-refractivity contribution in [3.8, 4) is 0 Å². The third-order valence-corrected chi connectivity index (χ3v) is 10.3. The van der Waals surface area contributed by atoms with Gasteiger partial charge in [0.05, 0.1) is 30.9 Å². The molecule has 4 aromatic heterocycles. The summed E-state index contributed by atoms with van der Waals surface area (Å²) in [6.45, 7) is 3.90. The molecule has 1 aliphatic heterocycles. The van der Waals surface area contributed by atoms with Crippen molar-refractivity contribution >= 4 is 41.4 Å². The molecule has 18 heteroatoms. The van der Waals surface area contributed by atoms with Gasteiger partial charge in [-0.2, -0.15) is 14.8 Å². The van der Waals surface area contributed by atoms with E-state index in [4.69, 9.17) is 15.0 Å². The molecule has 2 amide bonds. The molecule has 1 aliphatic carbocycles. The Morgan fingerprint density at radius 2 is 1.69 bits per heavy atom. The summed E-state index contributed by atoms with van der Waals surface area (Å²) in [5, 5.41) is 44.8. The predicted molar refractivity (Wildman–Crippen MR) is 207 cm³/mol. The van der Waals surface area contributed by atoms with Crippen molar-refractivity contribution in [2.24, 2.45) is 7.05 Å². The van der Waals surface area contributed by atoms with E-state index in [0.29, 0.717) is 74.2 Å². The number of halogens is 1. The number of rotatable bonds is 12. The van der Waals surface area contributed by atoms with Crippen LogP contribution in [0, 0.1) is 0 Å². The molecular formula is C37H45ClN14O3. The quantitative estimate of drug-likeness (QED) is 0.122. The van der Waals surface area contributed by atoms with Gasteiger partial charge in [-0.3, -0.25) is 0 Å². The first kappa shape index (κ1) is 37.7. The first-order chi connectivity index (χ1) is 26.3. The van der Waals surface area contributed by atoms with Crippen LogP contribution in [0.1, 0.15) is 60.4 Å². The van der Waals surface area contributed by atoms with E-state index >= 15 is 0 Å². The Labute approximate surface area is 323 Å². The Balaban J connectivity index is 0.00000465. The molecule has 5 N–H and O–H groups in total. The van der Waals surface area contributed by atoms with E-state index in [1.165, 1.54) is 4.80 Å². The minimum absolute atomic E-state index is 0. The summed E-state index contributed by atoms with van der Waals surface area (Å²) in [5.74, 6) is 1.60. The van der Waals surface area contributed by atoms with Gasteiger partial charge < -0.3 is 40.2 Å². The molecule has 2 fully saturated rings. The molecule has 0 bridgehead atoms. The highest BCUT2D eigenvalue weighted by atomic mass is 35.5. The number of hydrogen-bond donors (Lipinski definition) is 5. The molecule has 288 valence electrons. The highest BCUT2D eigenvalue weighted by molar-refractivity contribution is 5.85. The van der Waals surface area contributed by atoms with Crippen molar-refractivity contribution in [3.63, 3.8) is 0 Å². The highest BCUT2D eigenvalue weighted by Crippen LogP contribution is 2.40. The van der Waals surface area contributed by atoms with E-state index in [-0.39, 0.29) is 30.4 Å². The zero-order chi connectivity index (χ0) is 37.2. The van der Waals surface area contributed by atoms with Crippen LogP contribution in [0.15, 0.2) is 79.5 Å². The van der Waals surface area contributed by atoms with E-state index in [1.807, 2.05) is 70.6 Å². The summed E-state index contributed by atoms with van der Waals surface area (Å²) < 4.78 is 3.66. The number of aliphatic hydroxyl groups excluding tert-OH is 2. The van der Waals surface area contributed by atoms with Gasteiger partial charge in [0, 0.05) is 51.3 Å². The number of nitrogens with zero attached hydrogens (tertiary/aromatic N) is 11. The molecule has 55 heavy (non-hydrogen) atoms. The molecular weight excluding hydrogens is 724 g/mol. The number of nitrogens with one attached hydrogen (secondary N) is 3. The molecule has 0 unspecified atom stereocenters. The number of carbonyl (C=O) groups excluding carboxylic acids is 1. The molecule has 1 saturated carbocycles. The number of fused-ring (bicyclic) bond motifs is 1. The highest BCUT2D eigenvalue weighted by Gasteiger charge is 2.45. The number of amides is 2. The Kier molecular flexibility index (Phi) is 11.2. The summed E-state index contributed by atoms with van der Waals surface area (Å²) >= 11 is 0. The van der Waals surface area contributed by atoms with Crippen molar-refractivity contribution in [2.45, 2.75) is 69.0 Å². The van der Waals surface area contributed by atoms with E-state index in [1.54, 1.807) is 12.7 Å². The second-order valence-corrected chi connectivity index (χ2v) is 14.0. The number of aromatic nitrogens is 10. The van der Waals surface area contributed by atoms with Crippen molar-refractivity contribution in [1.29, 1.82) is 0 Å². The van der Waals surface area contributed by atoms with Crippen molar-refractivity contribution in [1.82, 2.24) is 59.9 Å². The van der Waals surface area contributed by atoms with E-state index in [9.17, 15) is 15.0 Å². The number of benzene rings is 2. The van der Waals surface area contributed by atoms with Crippen LogP contribution >= 0.6 is 12.4 Å². The first-order valence-electron chi connectivity index (χ1n) is 18.3. The van der Waals surface area contributed by atoms with Crippen LogP contribution in [0.3, 0.4) is 0 Å². The Hall–Kier alpha value is -5.65. The fourth-order valence-corrected chi connectivity index (χ4v) is 7.46. The molecule has 1 saturated heterocycles. The minimum atomic E-state index is -1.14. The number of urea groups is 1. The lowest BCUT2D eigenvalue weighted by atomic mass is 9.91. The number of imidazole rings is 2. The van der Waals surface area contributed by atoms with Gasteiger partial charge in [0.15, 0.2) is 22.8 Å². The summed E-state index contributed by atoms with van der Waals surface area (Å²) in [6.07, 6.45) is 4.59. The number of hydrogen-bond acceptors (Lipinski definition) is 12. The Morgan fingerprint density at radius 1 is 0.964 bits per heavy atom. The Bertz CT molecular complexity index is 2160. The van der Waals surface area contributed by atoms with Crippen molar-refractivity contribution in [3.05, 3.63) is 102 Å². The Morgan fingerprint density at radius 3 is 2.36 bits per heavy atom.